The molecular weight excluding hydrogens is 480 g/mol. The third-order valence-corrected chi connectivity index (χ3v) is 7.01. The first-order valence-corrected chi connectivity index (χ1v) is 12.6. The molecule has 0 aliphatic carbocycles. The van der Waals surface area contributed by atoms with Gasteiger partial charge >= 0.3 is 6.09 Å². The van der Waals surface area contributed by atoms with Crippen molar-refractivity contribution in [3.05, 3.63) is 72.4 Å². The van der Waals surface area contributed by atoms with Crippen LogP contribution in [0.5, 0.6) is 5.75 Å². The lowest BCUT2D eigenvalue weighted by Crippen LogP contribution is -2.34. The van der Waals surface area contributed by atoms with Gasteiger partial charge in [-0.05, 0) is 62.3 Å². The van der Waals surface area contributed by atoms with Crippen LogP contribution in [0.15, 0.2) is 61.2 Å². The van der Waals surface area contributed by atoms with Gasteiger partial charge in [0.05, 0.1) is 48.7 Å². The third-order valence-electron chi connectivity index (χ3n) is 7.01. The number of pyridine rings is 2. The number of nitriles is 1. The Morgan fingerprint density at radius 3 is 2.68 bits per heavy atom. The molecular formula is C29H30N6O3. The van der Waals surface area contributed by atoms with Crippen LogP contribution < -0.4 is 4.74 Å². The van der Waals surface area contributed by atoms with E-state index in [1.807, 2.05) is 34.7 Å². The zero-order valence-electron chi connectivity index (χ0n) is 21.5. The number of piperidine rings is 1. The Labute approximate surface area is 221 Å². The lowest BCUT2D eigenvalue weighted by atomic mass is 9.98. The zero-order valence-corrected chi connectivity index (χ0v) is 21.5. The Hall–Kier alpha value is -4.42. The predicted molar refractivity (Wildman–Crippen MR) is 144 cm³/mol. The summed E-state index contributed by atoms with van der Waals surface area (Å²) in [5.74, 6) is 1.22. The van der Waals surface area contributed by atoms with E-state index in [-0.39, 0.29) is 6.54 Å². The minimum atomic E-state index is -1.01. The molecule has 194 valence electrons. The van der Waals surface area contributed by atoms with Gasteiger partial charge in [-0.2, -0.15) is 5.26 Å². The summed E-state index contributed by atoms with van der Waals surface area (Å²) in [5, 5.41) is 18.5. The van der Waals surface area contributed by atoms with E-state index < -0.39 is 6.09 Å². The van der Waals surface area contributed by atoms with Gasteiger partial charge < -0.3 is 19.6 Å². The Kier molecular flexibility index (Phi) is 7.24. The number of imidazole rings is 1. The molecule has 1 fully saturated rings. The van der Waals surface area contributed by atoms with Gasteiger partial charge in [0.2, 0.25) is 0 Å². The van der Waals surface area contributed by atoms with Crippen LogP contribution in [0.2, 0.25) is 0 Å². The molecule has 38 heavy (non-hydrogen) atoms. The zero-order chi connectivity index (χ0) is 26.6. The summed E-state index contributed by atoms with van der Waals surface area (Å²) in [5.41, 5.74) is 5.70. The summed E-state index contributed by atoms with van der Waals surface area (Å²) in [6.07, 6.45) is 6.65. The number of aromatic nitrogens is 3. The molecule has 0 radical (unpaired) electrons. The third kappa shape index (κ3) is 5.31. The highest BCUT2D eigenvalue weighted by molar-refractivity contribution is 5.86. The standard InChI is InChI=1S/C29H30N6O3/c1-33-11-3-4-21(16-33)18-38-27-12-25(22-7-5-20(13-30)6-8-22)28(35-19-31-15-26(27)35)23-9-10-24(32-14-23)17-34(2)29(36)37/h5-10,12,14-15,19,21H,3-4,11,16-18H2,1-2H3,(H,36,37)/t21-/m1/s1. The van der Waals surface area contributed by atoms with E-state index in [9.17, 15) is 15.2 Å². The summed E-state index contributed by atoms with van der Waals surface area (Å²) in [7, 11) is 3.66. The first kappa shape index (κ1) is 25.2. The number of rotatable bonds is 7. The Morgan fingerprint density at radius 2 is 2.00 bits per heavy atom. The molecule has 1 aromatic carbocycles. The molecule has 1 aliphatic heterocycles. The van der Waals surface area contributed by atoms with Crippen molar-refractivity contribution in [1.29, 1.82) is 5.26 Å². The van der Waals surface area contributed by atoms with Crippen molar-refractivity contribution in [2.45, 2.75) is 19.4 Å². The van der Waals surface area contributed by atoms with E-state index in [1.165, 1.54) is 18.4 Å². The molecule has 1 amide bonds. The first-order chi connectivity index (χ1) is 18.4. The fourth-order valence-corrected chi connectivity index (χ4v) is 5.00. The van der Waals surface area contributed by atoms with Crippen molar-refractivity contribution in [3.63, 3.8) is 0 Å². The molecule has 5 rings (SSSR count). The monoisotopic (exact) mass is 510 g/mol. The highest BCUT2D eigenvalue weighted by Gasteiger charge is 2.21. The van der Waals surface area contributed by atoms with Gasteiger partial charge in [0.15, 0.2) is 0 Å². The molecule has 9 nitrogen and oxygen atoms in total. The number of benzene rings is 1. The number of ether oxygens (including phenoxy) is 1. The molecule has 1 atom stereocenters. The predicted octanol–water partition coefficient (Wildman–Crippen LogP) is 4.77. The van der Waals surface area contributed by atoms with Crippen LogP contribution in [0.25, 0.3) is 27.9 Å². The van der Waals surface area contributed by atoms with Crippen LogP contribution in [0.4, 0.5) is 4.79 Å². The maximum absolute atomic E-state index is 11.2. The summed E-state index contributed by atoms with van der Waals surface area (Å²) >= 11 is 0. The Balaban J connectivity index is 1.56. The maximum Gasteiger partial charge on any atom is 0.407 e. The molecule has 4 aromatic rings. The van der Waals surface area contributed by atoms with Crippen molar-refractivity contribution in [2.24, 2.45) is 5.92 Å². The molecule has 3 aromatic heterocycles. The molecule has 0 spiro atoms. The van der Waals surface area contributed by atoms with Gasteiger partial charge in [-0.3, -0.25) is 9.38 Å². The van der Waals surface area contributed by atoms with Crippen molar-refractivity contribution >= 4 is 11.6 Å². The van der Waals surface area contributed by atoms with Crippen LogP contribution in [-0.2, 0) is 6.54 Å². The van der Waals surface area contributed by atoms with Gasteiger partial charge in [0.1, 0.15) is 11.3 Å². The van der Waals surface area contributed by atoms with Crippen LogP contribution >= 0.6 is 0 Å². The van der Waals surface area contributed by atoms with E-state index >= 15 is 0 Å². The van der Waals surface area contributed by atoms with Gasteiger partial charge in [-0.15, -0.1) is 0 Å². The fourth-order valence-electron chi connectivity index (χ4n) is 5.00. The van der Waals surface area contributed by atoms with Crippen molar-refractivity contribution in [1.82, 2.24) is 24.2 Å². The number of hydrogen-bond donors (Lipinski definition) is 1. The topological polar surface area (TPSA) is 107 Å². The molecule has 0 bridgehead atoms. The van der Waals surface area contributed by atoms with E-state index in [1.54, 1.807) is 30.9 Å². The second kappa shape index (κ2) is 10.9. The smallest absolute Gasteiger partial charge is 0.407 e. The van der Waals surface area contributed by atoms with Gasteiger partial charge in [-0.25, -0.2) is 9.78 Å². The quantitative estimate of drug-likeness (QED) is 0.382. The lowest BCUT2D eigenvalue weighted by Gasteiger charge is -2.29. The minimum absolute atomic E-state index is 0.196. The molecule has 9 heteroatoms. The minimum Gasteiger partial charge on any atom is -0.491 e. The Bertz CT molecular complexity index is 1470. The maximum atomic E-state index is 11.2. The van der Waals surface area contributed by atoms with Crippen molar-refractivity contribution in [3.8, 4) is 34.2 Å². The van der Waals surface area contributed by atoms with Gasteiger partial charge in [0.25, 0.3) is 0 Å². The van der Waals surface area contributed by atoms with Gasteiger partial charge in [0, 0.05) is 36.8 Å². The molecule has 4 heterocycles. The summed E-state index contributed by atoms with van der Waals surface area (Å²) in [6.45, 7) is 2.97. The molecule has 0 unspecified atom stereocenters. The highest BCUT2D eigenvalue weighted by atomic mass is 16.5. The number of fused-ring (bicyclic) bond motifs is 1. The SMILES string of the molecule is CN1CCC[C@@H](COc2cc(-c3ccc(C#N)cc3)c(-c3ccc(CN(C)C(=O)O)nc3)n3cncc23)C1. The molecule has 1 aliphatic rings. The number of amides is 1. The largest absolute Gasteiger partial charge is 0.491 e. The first-order valence-electron chi connectivity index (χ1n) is 12.6. The van der Waals surface area contributed by atoms with E-state index in [0.29, 0.717) is 23.8 Å². The number of hydrogen-bond acceptors (Lipinski definition) is 6. The summed E-state index contributed by atoms with van der Waals surface area (Å²) in [4.78, 5) is 23.7. The second-order valence-electron chi connectivity index (χ2n) is 9.87. The highest BCUT2D eigenvalue weighted by Crippen LogP contribution is 2.38. The molecule has 0 saturated carbocycles. The average molecular weight is 511 g/mol. The average Bonchev–Trinajstić information content (AvgIpc) is 3.42. The van der Waals surface area contributed by atoms with Crippen LogP contribution in [0.3, 0.4) is 0 Å². The number of nitrogens with zero attached hydrogens (tertiary/aromatic N) is 6. The van der Waals surface area contributed by atoms with Crippen LogP contribution in [-0.4, -0.2) is 69.2 Å². The van der Waals surface area contributed by atoms with E-state index in [0.717, 1.165) is 53.2 Å². The second-order valence-corrected chi connectivity index (χ2v) is 9.87. The lowest BCUT2D eigenvalue weighted by molar-refractivity contribution is 0.151. The Morgan fingerprint density at radius 1 is 1.21 bits per heavy atom. The molecule has 1 N–H and O–H groups in total. The number of carboxylic acid groups (broad SMARTS) is 1. The summed E-state index contributed by atoms with van der Waals surface area (Å²) < 4.78 is 8.44. The normalized spacial score (nSPS) is 15.8. The molecule has 1 saturated heterocycles. The van der Waals surface area contributed by atoms with E-state index in [4.69, 9.17) is 4.74 Å². The fraction of sp³-hybridized carbons (Fsp3) is 0.310. The number of carbonyl (C=O) groups is 1. The van der Waals surface area contributed by atoms with Crippen molar-refractivity contribution in [2.75, 3.05) is 33.8 Å². The van der Waals surface area contributed by atoms with Crippen LogP contribution in [0, 0.1) is 17.2 Å². The van der Waals surface area contributed by atoms with Crippen LogP contribution in [0.1, 0.15) is 24.1 Å². The van der Waals surface area contributed by atoms with E-state index in [2.05, 4.69) is 28.0 Å². The number of likely N-dealkylation sites (tertiary alicyclic amines) is 1. The van der Waals surface area contributed by atoms with Gasteiger partial charge in [-0.1, -0.05) is 12.1 Å². The van der Waals surface area contributed by atoms with Crippen molar-refractivity contribution < 1.29 is 14.6 Å². The summed E-state index contributed by atoms with van der Waals surface area (Å²) in [6, 6.07) is 15.5.